The standard InChI is InChI=1S/C13H10ClN3O/c14-11-7-4-8-13-15-12(16-17(11)13)9-18-10-5-2-1-3-6-10/h1-8H,9H2. The van der Waals surface area contributed by atoms with Crippen LogP contribution >= 0.6 is 11.6 Å². The summed E-state index contributed by atoms with van der Waals surface area (Å²) in [5.74, 6) is 1.40. The molecule has 0 aliphatic heterocycles. The van der Waals surface area contributed by atoms with Crippen molar-refractivity contribution in [2.75, 3.05) is 0 Å². The lowest BCUT2D eigenvalue weighted by molar-refractivity contribution is 0.296. The van der Waals surface area contributed by atoms with Crippen LogP contribution in [0, 0.1) is 0 Å². The molecule has 0 aliphatic rings. The van der Waals surface area contributed by atoms with Gasteiger partial charge in [-0.2, -0.15) is 0 Å². The molecule has 0 radical (unpaired) electrons. The van der Waals surface area contributed by atoms with Crippen LogP contribution in [-0.2, 0) is 6.61 Å². The quantitative estimate of drug-likeness (QED) is 0.679. The van der Waals surface area contributed by atoms with Gasteiger partial charge in [-0.05, 0) is 24.3 Å². The first-order chi connectivity index (χ1) is 8.83. The normalized spacial score (nSPS) is 10.7. The first kappa shape index (κ1) is 11.0. The summed E-state index contributed by atoms with van der Waals surface area (Å²) in [6.07, 6.45) is 0. The van der Waals surface area contributed by atoms with Gasteiger partial charge in [-0.3, -0.25) is 0 Å². The molecule has 0 atom stereocenters. The Kier molecular flexibility index (Phi) is 2.86. The van der Waals surface area contributed by atoms with Crippen LogP contribution in [0.4, 0.5) is 0 Å². The van der Waals surface area contributed by atoms with Crippen LogP contribution in [0.3, 0.4) is 0 Å². The molecule has 18 heavy (non-hydrogen) atoms. The number of fused-ring (bicyclic) bond motifs is 1. The van der Waals surface area contributed by atoms with Crippen molar-refractivity contribution in [1.29, 1.82) is 0 Å². The second-order valence-corrected chi connectivity index (χ2v) is 4.14. The first-order valence-electron chi connectivity index (χ1n) is 5.51. The molecule has 0 aliphatic carbocycles. The molecule has 2 aromatic heterocycles. The van der Waals surface area contributed by atoms with Crippen LogP contribution in [-0.4, -0.2) is 14.6 Å². The zero-order valence-electron chi connectivity index (χ0n) is 9.45. The van der Waals surface area contributed by atoms with Crippen molar-refractivity contribution in [3.63, 3.8) is 0 Å². The maximum absolute atomic E-state index is 6.01. The van der Waals surface area contributed by atoms with E-state index in [2.05, 4.69) is 10.1 Å². The molecule has 0 unspecified atom stereocenters. The molecule has 0 amide bonds. The second kappa shape index (κ2) is 4.66. The molecular formula is C13H10ClN3O. The summed E-state index contributed by atoms with van der Waals surface area (Å²) in [6, 6.07) is 15.0. The molecule has 90 valence electrons. The van der Waals surface area contributed by atoms with Gasteiger partial charge < -0.3 is 4.74 Å². The number of halogens is 1. The van der Waals surface area contributed by atoms with Crippen LogP contribution in [0.1, 0.15) is 5.82 Å². The zero-order chi connectivity index (χ0) is 12.4. The summed E-state index contributed by atoms with van der Waals surface area (Å²) >= 11 is 6.01. The Hall–Kier alpha value is -2.07. The maximum Gasteiger partial charge on any atom is 0.189 e. The minimum absolute atomic E-state index is 0.321. The molecule has 4 nitrogen and oxygen atoms in total. The molecule has 0 saturated carbocycles. The Morgan fingerprint density at radius 1 is 1.06 bits per heavy atom. The smallest absolute Gasteiger partial charge is 0.189 e. The summed E-state index contributed by atoms with van der Waals surface area (Å²) in [7, 11) is 0. The van der Waals surface area contributed by atoms with Crippen molar-refractivity contribution < 1.29 is 4.74 Å². The molecule has 0 spiro atoms. The van der Waals surface area contributed by atoms with E-state index in [-0.39, 0.29) is 0 Å². The molecule has 2 heterocycles. The molecule has 0 bridgehead atoms. The summed E-state index contributed by atoms with van der Waals surface area (Å²) in [5.41, 5.74) is 0.717. The number of nitrogens with zero attached hydrogens (tertiary/aromatic N) is 3. The third kappa shape index (κ3) is 2.15. The number of ether oxygens (including phenoxy) is 1. The van der Waals surface area contributed by atoms with E-state index in [1.165, 1.54) is 0 Å². The van der Waals surface area contributed by atoms with E-state index >= 15 is 0 Å². The van der Waals surface area contributed by atoms with Crippen molar-refractivity contribution in [1.82, 2.24) is 14.6 Å². The van der Waals surface area contributed by atoms with Crippen LogP contribution in [0.15, 0.2) is 48.5 Å². The van der Waals surface area contributed by atoms with Gasteiger partial charge >= 0.3 is 0 Å². The lowest BCUT2D eigenvalue weighted by Crippen LogP contribution is -1.98. The Morgan fingerprint density at radius 3 is 2.67 bits per heavy atom. The van der Waals surface area contributed by atoms with Crippen molar-refractivity contribution in [3.8, 4) is 5.75 Å². The number of aromatic nitrogens is 3. The van der Waals surface area contributed by atoms with E-state index in [9.17, 15) is 0 Å². The largest absolute Gasteiger partial charge is 0.486 e. The first-order valence-corrected chi connectivity index (χ1v) is 5.89. The van der Waals surface area contributed by atoms with E-state index in [0.717, 1.165) is 5.75 Å². The average molecular weight is 260 g/mol. The zero-order valence-corrected chi connectivity index (χ0v) is 10.2. The van der Waals surface area contributed by atoms with Gasteiger partial charge in [-0.25, -0.2) is 9.50 Å². The fraction of sp³-hybridized carbons (Fsp3) is 0.0769. The molecule has 5 heteroatoms. The maximum atomic E-state index is 6.01. The number of para-hydroxylation sites is 1. The van der Waals surface area contributed by atoms with Crippen LogP contribution in [0.25, 0.3) is 5.65 Å². The summed E-state index contributed by atoms with van der Waals surface area (Å²) < 4.78 is 7.17. The number of pyridine rings is 1. The molecule has 1 aromatic carbocycles. The van der Waals surface area contributed by atoms with E-state index in [1.807, 2.05) is 42.5 Å². The fourth-order valence-electron chi connectivity index (χ4n) is 1.64. The van der Waals surface area contributed by atoms with E-state index in [1.54, 1.807) is 10.6 Å². The molecule has 0 fully saturated rings. The van der Waals surface area contributed by atoms with Gasteiger partial charge in [-0.15, -0.1) is 5.10 Å². The lowest BCUT2D eigenvalue weighted by Gasteiger charge is -2.01. The highest BCUT2D eigenvalue weighted by atomic mass is 35.5. The highest BCUT2D eigenvalue weighted by Crippen LogP contribution is 2.13. The van der Waals surface area contributed by atoms with Crippen LogP contribution in [0.2, 0.25) is 5.15 Å². The van der Waals surface area contributed by atoms with Gasteiger partial charge in [0.05, 0.1) is 0 Å². The van der Waals surface area contributed by atoms with Gasteiger partial charge in [0.1, 0.15) is 17.5 Å². The summed E-state index contributed by atoms with van der Waals surface area (Å²) in [4.78, 5) is 4.33. The minimum Gasteiger partial charge on any atom is -0.486 e. The van der Waals surface area contributed by atoms with Crippen molar-refractivity contribution >= 4 is 17.2 Å². The molecule has 3 rings (SSSR count). The molecule has 3 aromatic rings. The minimum atomic E-state index is 0.321. The Bertz CT molecular complexity index is 666. The van der Waals surface area contributed by atoms with Gasteiger partial charge in [-0.1, -0.05) is 35.9 Å². The molecule has 0 N–H and O–H groups in total. The number of hydrogen-bond donors (Lipinski definition) is 0. The van der Waals surface area contributed by atoms with Crippen molar-refractivity contribution in [2.45, 2.75) is 6.61 Å². The second-order valence-electron chi connectivity index (χ2n) is 3.75. The van der Waals surface area contributed by atoms with Crippen LogP contribution < -0.4 is 4.74 Å². The van der Waals surface area contributed by atoms with Gasteiger partial charge in [0.2, 0.25) is 0 Å². The Balaban J connectivity index is 1.81. The lowest BCUT2D eigenvalue weighted by atomic mass is 10.3. The van der Waals surface area contributed by atoms with E-state index in [4.69, 9.17) is 16.3 Å². The number of hydrogen-bond acceptors (Lipinski definition) is 3. The Labute approximate surface area is 109 Å². The van der Waals surface area contributed by atoms with Crippen LogP contribution in [0.5, 0.6) is 5.75 Å². The van der Waals surface area contributed by atoms with Gasteiger partial charge in [0, 0.05) is 0 Å². The summed E-state index contributed by atoms with van der Waals surface area (Å²) in [5, 5.41) is 4.81. The monoisotopic (exact) mass is 259 g/mol. The van der Waals surface area contributed by atoms with E-state index in [0.29, 0.717) is 23.2 Å². The third-order valence-corrected chi connectivity index (χ3v) is 2.75. The predicted octanol–water partition coefficient (Wildman–Crippen LogP) is 2.96. The van der Waals surface area contributed by atoms with Gasteiger partial charge in [0.25, 0.3) is 0 Å². The summed E-state index contributed by atoms with van der Waals surface area (Å²) in [6.45, 7) is 0.321. The third-order valence-electron chi connectivity index (χ3n) is 2.47. The topological polar surface area (TPSA) is 39.4 Å². The van der Waals surface area contributed by atoms with E-state index < -0.39 is 0 Å². The fourth-order valence-corrected chi connectivity index (χ4v) is 1.84. The Morgan fingerprint density at radius 2 is 1.89 bits per heavy atom. The van der Waals surface area contributed by atoms with Crippen molar-refractivity contribution in [2.24, 2.45) is 0 Å². The highest BCUT2D eigenvalue weighted by molar-refractivity contribution is 6.29. The SMILES string of the molecule is Clc1cccc2nc(COc3ccccc3)nn12. The molecular weight excluding hydrogens is 250 g/mol. The number of rotatable bonds is 3. The van der Waals surface area contributed by atoms with Crippen molar-refractivity contribution in [3.05, 3.63) is 59.5 Å². The highest BCUT2D eigenvalue weighted by Gasteiger charge is 2.06. The predicted molar refractivity (Wildman–Crippen MR) is 68.8 cm³/mol. The average Bonchev–Trinajstić information content (AvgIpc) is 2.82. The number of benzene rings is 1. The van der Waals surface area contributed by atoms with Gasteiger partial charge in [0.15, 0.2) is 11.5 Å². The molecule has 0 saturated heterocycles.